The summed E-state index contributed by atoms with van der Waals surface area (Å²) in [5.41, 5.74) is 0.640. The molecule has 1 heterocycles. The monoisotopic (exact) mass is 460 g/mol. The lowest BCUT2D eigenvalue weighted by atomic mass is 10.2. The van der Waals surface area contributed by atoms with Gasteiger partial charge in [0.25, 0.3) is 5.37 Å². The number of carbonyl (C=O) groups is 1. The van der Waals surface area contributed by atoms with Crippen LogP contribution in [-0.2, 0) is 20.5 Å². The first-order valence-corrected chi connectivity index (χ1v) is 12.6. The number of hydrogen-bond acceptors (Lipinski definition) is 8. The average Bonchev–Trinajstić information content (AvgIpc) is 2.99. The second-order valence-corrected chi connectivity index (χ2v) is 11.5. The molecule has 29 heavy (non-hydrogen) atoms. The zero-order valence-corrected chi connectivity index (χ0v) is 19.1. The Labute approximate surface area is 179 Å². The van der Waals surface area contributed by atoms with Crippen LogP contribution in [0.2, 0.25) is 0 Å². The molecule has 2 atom stereocenters. The van der Waals surface area contributed by atoms with Crippen molar-refractivity contribution in [3.63, 3.8) is 0 Å². The third kappa shape index (κ3) is 6.93. The lowest BCUT2D eigenvalue weighted by molar-refractivity contribution is -0.492. The summed E-state index contributed by atoms with van der Waals surface area (Å²) in [4.78, 5) is 23.6. The van der Waals surface area contributed by atoms with Crippen LogP contribution in [0.1, 0.15) is 26.3 Å². The number of rotatable bonds is 7. The van der Waals surface area contributed by atoms with Crippen LogP contribution < -0.4 is 0 Å². The Kier molecular flexibility index (Phi) is 7.63. The van der Waals surface area contributed by atoms with Gasteiger partial charge in [-0.3, -0.25) is 10.1 Å². The zero-order valence-electron chi connectivity index (χ0n) is 16.6. The fourth-order valence-corrected chi connectivity index (χ4v) is 5.85. The summed E-state index contributed by atoms with van der Waals surface area (Å²) in [7, 11) is -3.92. The molecule has 0 saturated carbocycles. The molecule has 2 unspecified atom stereocenters. The van der Waals surface area contributed by atoms with E-state index in [0.717, 1.165) is 23.6 Å². The highest BCUT2D eigenvalue weighted by molar-refractivity contribution is 8.05. The van der Waals surface area contributed by atoms with Crippen LogP contribution in [0.3, 0.4) is 0 Å². The SMILES string of the molecule is CC(C)(C)OC(=O)N(CC1=CSC([N+](=O)[O-])C1SCc1ccccc1)S(C)(=O)=O. The van der Waals surface area contributed by atoms with E-state index in [1.807, 2.05) is 30.3 Å². The summed E-state index contributed by atoms with van der Waals surface area (Å²) in [6.07, 6.45) is -0.0845. The van der Waals surface area contributed by atoms with Crippen molar-refractivity contribution in [3.8, 4) is 0 Å². The van der Waals surface area contributed by atoms with Gasteiger partial charge in [0.05, 0.1) is 12.8 Å². The molecule has 0 aromatic heterocycles. The Hall–Kier alpha value is -1.72. The molecule has 0 radical (unpaired) electrons. The molecule has 0 N–H and O–H groups in total. The molecule has 1 amide bonds. The van der Waals surface area contributed by atoms with E-state index in [9.17, 15) is 23.3 Å². The van der Waals surface area contributed by atoms with Gasteiger partial charge in [0.1, 0.15) is 10.9 Å². The molecule has 8 nitrogen and oxygen atoms in total. The largest absolute Gasteiger partial charge is 0.443 e. The third-order valence-electron chi connectivity index (χ3n) is 3.79. The van der Waals surface area contributed by atoms with Crippen molar-refractivity contribution < 1.29 is 22.9 Å². The van der Waals surface area contributed by atoms with Crippen molar-refractivity contribution in [1.82, 2.24) is 4.31 Å². The van der Waals surface area contributed by atoms with Crippen molar-refractivity contribution in [3.05, 3.63) is 57.0 Å². The smallest absolute Gasteiger partial charge is 0.424 e. The molecule has 2 rings (SSSR count). The Morgan fingerprint density at radius 2 is 1.93 bits per heavy atom. The first-order valence-electron chi connectivity index (χ1n) is 8.72. The fraction of sp³-hybridized carbons (Fsp3) is 0.500. The lowest BCUT2D eigenvalue weighted by Crippen LogP contribution is -2.42. The first-order chi connectivity index (χ1) is 13.4. The van der Waals surface area contributed by atoms with E-state index >= 15 is 0 Å². The van der Waals surface area contributed by atoms with Crippen molar-refractivity contribution in [2.24, 2.45) is 0 Å². The van der Waals surface area contributed by atoms with Crippen molar-refractivity contribution in [1.29, 1.82) is 0 Å². The molecule has 1 aromatic rings. The first kappa shape index (κ1) is 23.6. The molecule has 0 fully saturated rings. The summed E-state index contributed by atoms with van der Waals surface area (Å²) in [5, 5.41) is 11.6. The van der Waals surface area contributed by atoms with Gasteiger partial charge in [0, 0.05) is 10.7 Å². The maximum atomic E-state index is 12.4. The predicted octanol–water partition coefficient (Wildman–Crippen LogP) is 3.72. The van der Waals surface area contributed by atoms with Gasteiger partial charge in [-0.15, -0.1) is 11.8 Å². The maximum absolute atomic E-state index is 12.4. The van der Waals surface area contributed by atoms with Gasteiger partial charge in [-0.25, -0.2) is 17.5 Å². The quantitative estimate of drug-likeness (QED) is 0.448. The van der Waals surface area contributed by atoms with Crippen molar-refractivity contribution in [2.75, 3.05) is 12.8 Å². The number of carbonyl (C=O) groups excluding carboxylic acids is 1. The normalized spacial score (nSPS) is 19.5. The molecule has 0 spiro atoms. The van der Waals surface area contributed by atoms with Gasteiger partial charge in [-0.2, -0.15) is 0 Å². The predicted molar refractivity (Wildman–Crippen MR) is 116 cm³/mol. The van der Waals surface area contributed by atoms with Crippen molar-refractivity contribution in [2.45, 2.75) is 42.7 Å². The van der Waals surface area contributed by atoms with Crippen LogP contribution >= 0.6 is 23.5 Å². The van der Waals surface area contributed by atoms with Gasteiger partial charge >= 0.3 is 6.09 Å². The highest BCUT2D eigenvalue weighted by Gasteiger charge is 2.42. The van der Waals surface area contributed by atoms with E-state index in [1.165, 1.54) is 11.8 Å². The second kappa shape index (κ2) is 9.40. The Bertz CT molecular complexity index is 881. The third-order valence-corrected chi connectivity index (χ3v) is 7.62. The van der Waals surface area contributed by atoms with Crippen LogP contribution in [0.5, 0.6) is 0 Å². The summed E-state index contributed by atoms with van der Waals surface area (Å²) < 4.78 is 30.2. The highest BCUT2D eigenvalue weighted by atomic mass is 32.2. The maximum Gasteiger partial charge on any atom is 0.424 e. The van der Waals surface area contributed by atoms with Crippen LogP contribution in [0, 0.1) is 10.1 Å². The molecule has 0 aliphatic carbocycles. The van der Waals surface area contributed by atoms with Crippen LogP contribution in [-0.4, -0.2) is 52.8 Å². The molecule has 1 aliphatic rings. The number of nitrogens with zero attached hydrogens (tertiary/aromatic N) is 2. The fourth-order valence-electron chi connectivity index (χ4n) is 2.51. The number of ether oxygens (including phenoxy) is 1. The number of sulfonamides is 1. The van der Waals surface area contributed by atoms with E-state index in [0.29, 0.717) is 15.6 Å². The number of hydrogen-bond donors (Lipinski definition) is 0. The van der Waals surface area contributed by atoms with E-state index < -0.39 is 32.3 Å². The van der Waals surface area contributed by atoms with Crippen LogP contribution in [0.25, 0.3) is 0 Å². The molecular formula is C18H24N2O6S3. The molecule has 11 heteroatoms. The second-order valence-electron chi connectivity index (χ2n) is 7.47. The molecule has 0 bridgehead atoms. The standard InChI is InChI=1S/C18H24N2O6S3/c1-18(2,3)26-17(21)19(29(4,24)25)10-14-12-28-16(20(22)23)15(14)27-11-13-8-6-5-7-9-13/h5-9,12,15-16H,10-11H2,1-4H3. The molecule has 1 aliphatic heterocycles. The van der Waals surface area contributed by atoms with E-state index in [2.05, 4.69) is 0 Å². The Balaban J connectivity index is 2.21. The lowest BCUT2D eigenvalue weighted by Gasteiger charge is -2.27. The van der Waals surface area contributed by atoms with Gasteiger partial charge in [-0.05, 0) is 37.3 Å². The summed E-state index contributed by atoms with van der Waals surface area (Å²) >= 11 is 2.38. The highest BCUT2D eigenvalue weighted by Crippen LogP contribution is 2.40. The minimum atomic E-state index is -3.92. The molecule has 160 valence electrons. The van der Waals surface area contributed by atoms with Crippen LogP contribution in [0.15, 0.2) is 41.3 Å². The van der Waals surface area contributed by atoms with Gasteiger partial charge in [0.15, 0.2) is 0 Å². The molecular weight excluding hydrogens is 436 g/mol. The van der Waals surface area contributed by atoms with E-state index in [-0.39, 0.29) is 11.5 Å². The number of benzene rings is 1. The number of nitro groups is 1. The van der Waals surface area contributed by atoms with Gasteiger partial charge in [0.2, 0.25) is 10.0 Å². The molecule has 1 aromatic carbocycles. The zero-order chi connectivity index (χ0) is 21.8. The Morgan fingerprint density at radius 1 is 1.31 bits per heavy atom. The van der Waals surface area contributed by atoms with Gasteiger partial charge < -0.3 is 4.74 Å². The number of amides is 1. The minimum Gasteiger partial charge on any atom is -0.443 e. The van der Waals surface area contributed by atoms with Crippen LogP contribution in [0.4, 0.5) is 4.79 Å². The minimum absolute atomic E-state index is 0.280. The summed E-state index contributed by atoms with van der Waals surface area (Å²) in [5.74, 6) is 0.527. The average molecular weight is 461 g/mol. The number of thioether (sulfide) groups is 2. The molecule has 0 saturated heterocycles. The van der Waals surface area contributed by atoms with E-state index in [1.54, 1.807) is 26.2 Å². The van der Waals surface area contributed by atoms with E-state index in [4.69, 9.17) is 4.74 Å². The van der Waals surface area contributed by atoms with Gasteiger partial charge in [-0.1, -0.05) is 42.1 Å². The Morgan fingerprint density at radius 3 is 2.45 bits per heavy atom. The summed E-state index contributed by atoms with van der Waals surface area (Å²) in [6, 6.07) is 9.49. The topological polar surface area (TPSA) is 107 Å². The summed E-state index contributed by atoms with van der Waals surface area (Å²) in [6.45, 7) is 4.63. The van der Waals surface area contributed by atoms with Crippen molar-refractivity contribution >= 4 is 39.6 Å².